The van der Waals surface area contributed by atoms with Gasteiger partial charge in [-0.1, -0.05) is 30.3 Å². The van der Waals surface area contributed by atoms with Crippen LogP contribution in [0.2, 0.25) is 0 Å². The monoisotopic (exact) mass is 255 g/mol. The van der Waals surface area contributed by atoms with Crippen molar-refractivity contribution in [3.63, 3.8) is 0 Å². The van der Waals surface area contributed by atoms with Gasteiger partial charge in [-0.25, -0.2) is 4.98 Å². The standard InChI is InChI=1S/C16H21N3/c1-2-5-13(6-3-1)14-11-15(12-14)17-8-4-7-16-18-9-10-19-16/h1-3,5-6,9-10,14-15,17H,4,7-8,11-12H2,(H,18,19). The molecule has 0 atom stereocenters. The van der Waals surface area contributed by atoms with E-state index >= 15 is 0 Å². The van der Waals surface area contributed by atoms with Crippen molar-refractivity contribution in [2.24, 2.45) is 0 Å². The molecule has 3 nitrogen and oxygen atoms in total. The minimum Gasteiger partial charge on any atom is -0.349 e. The first kappa shape index (κ1) is 12.4. The van der Waals surface area contributed by atoms with Crippen LogP contribution < -0.4 is 5.32 Å². The zero-order chi connectivity index (χ0) is 12.9. The Bertz CT molecular complexity index is 472. The summed E-state index contributed by atoms with van der Waals surface area (Å²) in [6.45, 7) is 1.09. The highest BCUT2D eigenvalue weighted by Gasteiger charge is 2.29. The topological polar surface area (TPSA) is 40.7 Å². The molecule has 19 heavy (non-hydrogen) atoms. The Labute approximate surface area is 114 Å². The number of H-pyrrole nitrogens is 1. The number of hydrogen-bond acceptors (Lipinski definition) is 2. The van der Waals surface area contributed by atoms with Gasteiger partial charge in [0.25, 0.3) is 0 Å². The molecule has 1 fully saturated rings. The Kier molecular flexibility index (Phi) is 3.94. The van der Waals surface area contributed by atoms with Crippen molar-refractivity contribution >= 4 is 0 Å². The fourth-order valence-electron chi connectivity index (χ4n) is 2.78. The number of benzene rings is 1. The molecule has 0 radical (unpaired) electrons. The first-order chi connectivity index (χ1) is 9.42. The summed E-state index contributed by atoms with van der Waals surface area (Å²) < 4.78 is 0. The van der Waals surface area contributed by atoms with Gasteiger partial charge in [0.2, 0.25) is 0 Å². The first-order valence-electron chi connectivity index (χ1n) is 7.18. The van der Waals surface area contributed by atoms with E-state index in [9.17, 15) is 0 Å². The molecular formula is C16H21N3. The van der Waals surface area contributed by atoms with Crippen molar-refractivity contribution < 1.29 is 0 Å². The lowest BCUT2D eigenvalue weighted by Crippen LogP contribution is -2.40. The first-order valence-corrected chi connectivity index (χ1v) is 7.18. The quantitative estimate of drug-likeness (QED) is 0.779. The van der Waals surface area contributed by atoms with Crippen molar-refractivity contribution in [2.45, 2.75) is 37.6 Å². The maximum absolute atomic E-state index is 4.24. The highest BCUT2D eigenvalue weighted by molar-refractivity contribution is 5.22. The predicted molar refractivity (Wildman–Crippen MR) is 77.1 cm³/mol. The Morgan fingerprint density at radius 2 is 2.05 bits per heavy atom. The third kappa shape index (κ3) is 3.24. The van der Waals surface area contributed by atoms with Crippen LogP contribution in [-0.4, -0.2) is 22.6 Å². The van der Waals surface area contributed by atoms with Gasteiger partial charge in [-0.3, -0.25) is 0 Å². The van der Waals surface area contributed by atoms with E-state index in [4.69, 9.17) is 0 Å². The minimum absolute atomic E-state index is 0.710. The van der Waals surface area contributed by atoms with Crippen LogP contribution in [0, 0.1) is 0 Å². The van der Waals surface area contributed by atoms with E-state index in [1.54, 1.807) is 0 Å². The van der Waals surface area contributed by atoms with E-state index in [-0.39, 0.29) is 0 Å². The largest absolute Gasteiger partial charge is 0.349 e. The van der Waals surface area contributed by atoms with Crippen molar-refractivity contribution in [3.05, 3.63) is 54.1 Å². The van der Waals surface area contributed by atoms with Gasteiger partial charge in [-0.2, -0.15) is 0 Å². The van der Waals surface area contributed by atoms with Crippen molar-refractivity contribution in [2.75, 3.05) is 6.54 Å². The SMILES string of the molecule is c1ccc(C2CC(NCCCc3ncc[nH]3)C2)cc1. The Morgan fingerprint density at radius 3 is 2.79 bits per heavy atom. The van der Waals surface area contributed by atoms with E-state index in [1.807, 2.05) is 12.4 Å². The van der Waals surface area contributed by atoms with E-state index in [0.717, 1.165) is 31.1 Å². The van der Waals surface area contributed by atoms with Gasteiger partial charge in [-0.05, 0) is 37.3 Å². The third-order valence-electron chi connectivity index (χ3n) is 3.99. The normalized spacial score (nSPS) is 22.1. The molecule has 1 aliphatic carbocycles. The molecule has 2 N–H and O–H groups in total. The summed E-state index contributed by atoms with van der Waals surface area (Å²) >= 11 is 0. The van der Waals surface area contributed by atoms with Gasteiger partial charge >= 0.3 is 0 Å². The van der Waals surface area contributed by atoms with Gasteiger partial charge in [0, 0.05) is 24.9 Å². The maximum atomic E-state index is 4.24. The second-order valence-corrected chi connectivity index (χ2v) is 5.37. The smallest absolute Gasteiger partial charge is 0.106 e. The Balaban J connectivity index is 1.32. The molecule has 0 unspecified atom stereocenters. The van der Waals surface area contributed by atoms with E-state index < -0.39 is 0 Å². The molecule has 0 spiro atoms. The highest BCUT2D eigenvalue weighted by atomic mass is 14.9. The van der Waals surface area contributed by atoms with Crippen LogP contribution in [-0.2, 0) is 6.42 Å². The number of hydrogen-bond donors (Lipinski definition) is 2. The molecule has 0 saturated heterocycles. The second-order valence-electron chi connectivity index (χ2n) is 5.37. The zero-order valence-electron chi connectivity index (χ0n) is 11.2. The fraction of sp³-hybridized carbons (Fsp3) is 0.438. The van der Waals surface area contributed by atoms with Crippen molar-refractivity contribution in [3.8, 4) is 0 Å². The molecule has 3 rings (SSSR count). The summed E-state index contributed by atoms with van der Waals surface area (Å²) in [5.41, 5.74) is 1.50. The van der Waals surface area contributed by atoms with E-state index in [2.05, 4.69) is 45.6 Å². The molecule has 1 aliphatic rings. The Hall–Kier alpha value is -1.61. The molecule has 0 amide bonds. The van der Waals surface area contributed by atoms with Gasteiger partial charge in [0.1, 0.15) is 5.82 Å². The lowest BCUT2D eigenvalue weighted by Gasteiger charge is -2.36. The van der Waals surface area contributed by atoms with Crippen LogP contribution in [0.1, 0.15) is 36.6 Å². The predicted octanol–water partition coefficient (Wildman–Crippen LogP) is 2.88. The second kappa shape index (κ2) is 6.02. The molecule has 2 aromatic rings. The van der Waals surface area contributed by atoms with E-state index in [0.29, 0.717) is 6.04 Å². The molecule has 1 aromatic carbocycles. The van der Waals surface area contributed by atoms with Gasteiger partial charge in [0.05, 0.1) is 0 Å². The fourth-order valence-corrected chi connectivity index (χ4v) is 2.78. The molecule has 100 valence electrons. The van der Waals surface area contributed by atoms with Crippen LogP contribution in [0.3, 0.4) is 0 Å². The van der Waals surface area contributed by atoms with Crippen molar-refractivity contribution in [1.29, 1.82) is 0 Å². The summed E-state index contributed by atoms with van der Waals surface area (Å²) in [5.74, 6) is 1.86. The maximum Gasteiger partial charge on any atom is 0.106 e. The van der Waals surface area contributed by atoms with Crippen LogP contribution in [0.5, 0.6) is 0 Å². The van der Waals surface area contributed by atoms with Gasteiger partial charge in [0.15, 0.2) is 0 Å². The zero-order valence-corrected chi connectivity index (χ0v) is 11.2. The molecule has 1 aromatic heterocycles. The van der Waals surface area contributed by atoms with Gasteiger partial charge in [-0.15, -0.1) is 0 Å². The minimum atomic E-state index is 0.710. The average Bonchev–Trinajstić information content (AvgIpc) is 2.90. The lowest BCUT2D eigenvalue weighted by molar-refractivity contribution is 0.290. The molecule has 0 aliphatic heterocycles. The number of nitrogens with one attached hydrogen (secondary N) is 2. The van der Waals surface area contributed by atoms with Crippen LogP contribution in [0.15, 0.2) is 42.7 Å². The summed E-state index contributed by atoms with van der Waals surface area (Å²) in [4.78, 5) is 7.38. The van der Waals surface area contributed by atoms with Crippen LogP contribution >= 0.6 is 0 Å². The number of imidazole rings is 1. The summed E-state index contributed by atoms with van der Waals surface area (Å²) in [7, 11) is 0. The summed E-state index contributed by atoms with van der Waals surface area (Å²) in [5, 5.41) is 3.64. The average molecular weight is 255 g/mol. The van der Waals surface area contributed by atoms with Crippen molar-refractivity contribution in [1.82, 2.24) is 15.3 Å². The third-order valence-corrected chi connectivity index (χ3v) is 3.99. The van der Waals surface area contributed by atoms with Crippen LogP contribution in [0.25, 0.3) is 0 Å². The molecule has 1 heterocycles. The number of rotatable bonds is 6. The number of aromatic nitrogens is 2. The Morgan fingerprint density at radius 1 is 1.21 bits per heavy atom. The lowest BCUT2D eigenvalue weighted by atomic mass is 9.76. The molecule has 1 saturated carbocycles. The molecular weight excluding hydrogens is 234 g/mol. The number of nitrogens with zero attached hydrogens (tertiary/aromatic N) is 1. The highest BCUT2D eigenvalue weighted by Crippen LogP contribution is 2.36. The number of aryl methyl sites for hydroxylation is 1. The molecule has 0 bridgehead atoms. The molecule has 3 heteroatoms. The summed E-state index contributed by atoms with van der Waals surface area (Å²) in [6.07, 6.45) is 8.46. The number of aromatic amines is 1. The van der Waals surface area contributed by atoms with E-state index in [1.165, 1.54) is 18.4 Å². The van der Waals surface area contributed by atoms with Crippen LogP contribution in [0.4, 0.5) is 0 Å². The van der Waals surface area contributed by atoms with Gasteiger partial charge < -0.3 is 10.3 Å². The summed E-state index contributed by atoms with van der Waals surface area (Å²) in [6, 6.07) is 11.6.